The van der Waals surface area contributed by atoms with Gasteiger partial charge in [-0.25, -0.2) is 9.97 Å². The summed E-state index contributed by atoms with van der Waals surface area (Å²) >= 11 is 7.52. The molecule has 0 saturated carbocycles. The third kappa shape index (κ3) is 3.60. The Hall–Kier alpha value is -1.92. The number of halogens is 1. The van der Waals surface area contributed by atoms with Crippen LogP contribution in [0.3, 0.4) is 0 Å². The third-order valence-electron chi connectivity index (χ3n) is 4.03. The van der Waals surface area contributed by atoms with E-state index in [1.165, 1.54) is 12.4 Å². The van der Waals surface area contributed by atoms with Crippen molar-refractivity contribution in [2.75, 3.05) is 5.75 Å². The second kappa shape index (κ2) is 6.91. The van der Waals surface area contributed by atoms with Gasteiger partial charge >= 0.3 is 0 Å². The number of rotatable bonds is 4. The lowest BCUT2D eigenvalue weighted by molar-refractivity contribution is 0.0988. The molecule has 0 saturated heterocycles. The number of Topliss-reactive ketones (excluding diaryl/α,β-unsaturated/α-hetero) is 1. The summed E-state index contributed by atoms with van der Waals surface area (Å²) in [5, 5.41) is 0.740. The fraction of sp³-hybridized carbons (Fsp3) is 0.294. The Morgan fingerprint density at radius 2 is 2.17 bits per heavy atom. The predicted molar refractivity (Wildman–Crippen MR) is 97.6 cm³/mol. The van der Waals surface area contributed by atoms with Crippen molar-refractivity contribution >= 4 is 34.3 Å². The summed E-state index contributed by atoms with van der Waals surface area (Å²) in [5.74, 6) is 0.780. The van der Waals surface area contributed by atoms with Gasteiger partial charge in [-0.1, -0.05) is 47.6 Å². The molecule has 1 aromatic heterocycles. The van der Waals surface area contributed by atoms with Gasteiger partial charge < -0.3 is 5.73 Å². The van der Waals surface area contributed by atoms with Crippen LogP contribution in [0.1, 0.15) is 35.0 Å². The number of hydrogen-bond donors (Lipinski definition) is 1. The van der Waals surface area contributed by atoms with Crippen molar-refractivity contribution in [1.29, 1.82) is 0 Å². The van der Waals surface area contributed by atoms with Gasteiger partial charge in [-0.15, -0.1) is 0 Å². The number of carbonyl (C=O) groups is 1. The molecule has 2 aromatic rings. The van der Waals surface area contributed by atoms with E-state index < -0.39 is 0 Å². The van der Waals surface area contributed by atoms with E-state index in [0.717, 1.165) is 23.3 Å². The lowest BCUT2D eigenvalue weighted by atomic mass is 9.88. The monoisotopic (exact) mass is 360 g/mol. The van der Waals surface area contributed by atoms with Gasteiger partial charge in [-0.05, 0) is 24.5 Å². The summed E-state index contributed by atoms with van der Waals surface area (Å²) < 4.78 is 0. The van der Waals surface area contributed by atoms with Crippen LogP contribution >= 0.6 is 23.4 Å². The summed E-state index contributed by atoms with van der Waals surface area (Å²) in [5.41, 5.74) is 7.69. The minimum atomic E-state index is -0.349. The highest BCUT2D eigenvalue weighted by molar-refractivity contribution is 8.13. The van der Waals surface area contributed by atoms with Crippen molar-refractivity contribution in [3.05, 3.63) is 58.6 Å². The van der Waals surface area contributed by atoms with Crippen LogP contribution in [0.15, 0.2) is 41.7 Å². The zero-order valence-electron chi connectivity index (χ0n) is 13.2. The molecular formula is C17H17ClN4OS. The van der Waals surface area contributed by atoms with Crippen molar-refractivity contribution in [2.45, 2.75) is 25.3 Å². The number of amidine groups is 1. The fourth-order valence-corrected chi connectivity index (χ4v) is 3.87. The molecule has 3 rings (SSSR count). The van der Waals surface area contributed by atoms with Crippen molar-refractivity contribution in [3.8, 4) is 0 Å². The van der Waals surface area contributed by atoms with E-state index in [4.69, 9.17) is 17.3 Å². The van der Waals surface area contributed by atoms with Crippen LogP contribution in [0.5, 0.6) is 0 Å². The molecule has 1 aliphatic rings. The molecular weight excluding hydrogens is 344 g/mol. The predicted octanol–water partition coefficient (Wildman–Crippen LogP) is 3.22. The molecule has 0 unspecified atom stereocenters. The Labute approximate surface area is 149 Å². The molecule has 1 atom stereocenters. The molecule has 24 heavy (non-hydrogen) atoms. The summed E-state index contributed by atoms with van der Waals surface area (Å²) in [4.78, 5) is 24.9. The SMILES string of the molecule is C[C@@]1(c2cccc(CC(=O)c3nccnc3Cl)c2)CCSC(N)=N1. The number of aliphatic imine (C=N–C) groups is 1. The molecule has 0 bridgehead atoms. The van der Waals surface area contributed by atoms with Gasteiger partial charge in [-0.2, -0.15) is 0 Å². The van der Waals surface area contributed by atoms with Crippen molar-refractivity contribution in [2.24, 2.45) is 10.7 Å². The number of nitrogens with zero attached hydrogens (tertiary/aromatic N) is 3. The van der Waals surface area contributed by atoms with Gasteiger partial charge in [0.25, 0.3) is 0 Å². The largest absolute Gasteiger partial charge is 0.379 e. The first-order valence-corrected chi connectivity index (χ1v) is 8.91. The number of ketones is 1. The Balaban J connectivity index is 1.85. The summed E-state index contributed by atoms with van der Waals surface area (Å²) in [6, 6.07) is 7.89. The molecule has 1 aliphatic heterocycles. The highest BCUT2D eigenvalue weighted by atomic mass is 35.5. The Morgan fingerprint density at radius 1 is 1.38 bits per heavy atom. The maximum Gasteiger partial charge on any atom is 0.188 e. The zero-order chi connectivity index (χ0) is 17.2. The van der Waals surface area contributed by atoms with E-state index in [-0.39, 0.29) is 28.6 Å². The number of thioether (sulfide) groups is 1. The molecule has 7 heteroatoms. The Bertz CT molecular complexity index is 811. The lowest BCUT2D eigenvalue weighted by Crippen LogP contribution is -2.28. The molecule has 0 radical (unpaired) electrons. The Morgan fingerprint density at radius 3 is 2.92 bits per heavy atom. The van der Waals surface area contributed by atoms with Gasteiger partial charge in [0.05, 0.1) is 5.54 Å². The number of carbonyl (C=O) groups excluding carboxylic acids is 1. The van der Waals surface area contributed by atoms with Crippen molar-refractivity contribution in [3.63, 3.8) is 0 Å². The fourth-order valence-electron chi connectivity index (χ4n) is 2.69. The van der Waals surface area contributed by atoms with E-state index in [1.54, 1.807) is 11.8 Å². The standard InChI is InChI=1S/C17H17ClN4OS/c1-17(5-8-24-16(19)22-17)12-4-2-3-11(9-12)10-13(23)14-15(18)21-7-6-20-14/h2-4,6-7,9H,5,8,10H2,1H3,(H2,19,22)/t17-/m0/s1. The average Bonchev–Trinajstić information content (AvgIpc) is 2.55. The maximum absolute atomic E-state index is 12.4. The van der Waals surface area contributed by atoms with Crippen molar-refractivity contribution in [1.82, 2.24) is 9.97 Å². The average molecular weight is 361 g/mol. The molecule has 124 valence electrons. The van der Waals surface area contributed by atoms with E-state index in [1.807, 2.05) is 24.3 Å². The zero-order valence-corrected chi connectivity index (χ0v) is 14.8. The van der Waals surface area contributed by atoms with E-state index in [9.17, 15) is 4.79 Å². The molecule has 0 fully saturated rings. The topological polar surface area (TPSA) is 81.2 Å². The van der Waals surface area contributed by atoms with Crippen LogP contribution < -0.4 is 5.73 Å². The highest BCUT2D eigenvalue weighted by Gasteiger charge is 2.29. The number of aromatic nitrogens is 2. The second-order valence-corrected chi connectivity index (χ2v) is 7.29. The minimum Gasteiger partial charge on any atom is -0.379 e. The number of benzene rings is 1. The summed E-state index contributed by atoms with van der Waals surface area (Å²) in [6.07, 6.45) is 4.06. The van der Waals surface area contributed by atoms with E-state index in [0.29, 0.717) is 5.17 Å². The second-order valence-electron chi connectivity index (χ2n) is 5.82. The van der Waals surface area contributed by atoms with Crippen molar-refractivity contribution < 1.29 is 4.79 Å². The van der Waals surface area contributed by atoms with Crippen LogP contribution in [0.25, 0.3) is 0 Å². The van der Waals surface area contributed by atoms with Gasteiger partial charge in [0, 0.05) is 24.6 Å². The Kier molecular flexibility index (Phi) is 4.87. The van der Waals surface area contributed by atoms with E-state index >= 15 is 0 Å². The molecule has 2 N–H and O–H groups in total. The molecule has 0 aliphatic carbocycles. The molecule has 1 aromatic carbocycles. The maximum atomic E-state index is 12.4. The van der Waals surface area contributed by atoms with Crippen LogP contribution in [0, 0.1) is 0 Å². The highest BCUT2D eigenvalue weighted by Crippen LogP contribution is 2.35. The lowest BCUT2D eigenvalue weighted by Gasteiger charge is -2.30. The first-order valence-electron chi connectivity index (χ1n) is 7.55. The third-order valence-corrected chi connectivity index (χ3v) is 5.10. The molecule has 5 nitrogen and oxygen atoms in total. The molecule has 0 spiro atoms. The van der Waals surface area contributed by atoms with Gasteiger partial charge in [-0.3, -0.25) is 9.79 Å². The first kappa shape index (κ1) is 16.9. The normalized spacial score (nSPS) is 20.5. The van der Waals surface area contributed by atoms with Crippen LogP contribution in [0.2, 0.25) is 5.15 Å². The van der Waals surface area contributed by atoms with Gasteiger partial charge in [0.1, 0.15) is 5.69 Å². The van der Waals surface area contributed by atoms with Gasteiger partial charge in [0.15, 0.2) is 16.1 Å². The quantitative estimate of drug-likeness (QED) is 0.846. The number of nitrogens with two attached hydrogens (primary N) is 1. The molecule has 2 heterocycles. The van der Waals surface area contributed by atoms with Gasteiger partial charge in [0.2, 0.25) is 0 Å². The van der Waals surface area contributed by atoms with Crippen LogP contribution in [-0.4, -0.2) is 26.7 Å². The van der Waals surface area contributed by atoms with Crippen LogP contribution in [0.4, 0.5) is 0 Å². The number of hydrogen-bond acceptors (Lipinski definition) is 6. The van der Waals surface area contributed by atoms with Crippen LogP contribution in [-0.2, 0) is 12.0 Å². The van der Waals surface area contributed by atoms with E-state index in [2.05, 4.69) is 21.9 Å². The minimum absolute atomic E-state index is 0.132. The summed E-state index contributed by atoms with van der Waals surface area (Å²) in [6.45, 7) is 2.07. The molecule has 0 amide bonds. The summed E-state index contributed by atoms with van der Waals surface area (Å²) in [7, 11) is 0. The first-order chi connectivity index (χ1) is 11.5. The smallest absolute Gasteiger partial charge is 0.188 e.